The van der Waals surface area contributed by atoms with Crippen molar-refractivity contribution >= 4 is 28.3 Å². The first-order valence-corrected chi connectivity index (χ1v) is 7.83. The number of aliphatic hydroxyl groups excluding tert-OH is 1. The standard InChI is InChI=1S/C18H20N2O3/c1-11(21)16(20-17(22)13-9-10-13)18(23)19-15-8-4-6-12-5-2-3-7-14(12)15/h2-8,11,13,16,21H,9-10H2,1H3,(H,19,23)(H,20,22). The van der Waals surface area contributed by atoms with Crippen molar-refractivity contribution < 1.29 is 14.7 Å². The molecule has 3 rings (SSSR count). The fraction of sp³-hybridized carbons (Fsp3) is 0.333. The Morgan fingerprint density at radius 1 is 1.13 bits per heavy atom. The van der Waals surface area contributed by atoms with E-state index in [0.29, 0.717) is 5.69 Å². The molecule has 2 aromatic carbocycles. The number of hydrogen-bond acceptors (Lipinski definition) is 3. The van der Waals surface area contributed by atoms with Gasteiger partial charge in [-0.2, -0.15) is 0 Å². The molecule has 1 aliphatic carbocycles. The van der Waals surface area contributed by atoms with Crippen LogP contribution in [0, 0.1) is 5.92 Å². The van der Waals surface area contributed by atoms with Crippen LogP contribution in [-0.4, -0.2) is 29.1 Å². The maximum absolute atomic E-state index is 12.5. The molecule has 0 heterocycles. The van der Waals surface area contributed by atoms with E-state index in [1.165, 1.54) is 6.92 Å². The molecule has 0 bridgehead atoms. The van der Waals surface area contributed by atoms with Gasteiger partial charge >= 0.3 is 0 Å². The van der Waals surface area contributed by atoms with Gasteiger partial charge in [-0.3, -0.25) is 9.59 Å². The summed E-state index contributed by atoms with van der Waals surface area (Å²) in [5, 5.41) is 17.2. The number of fused-ring (bicyclic) bond motifs is 1. The first-order valence-electron chi connectivity index (χ1n) is 7.83. The molecule has 120 valence electrons. The van der Waals surface area contributed by atoms with Crippen molar-refractivity contribution in [1.29, 1.82) is 0 Å². The molecule has 0 aliphatic heterocycles. The van der Waals surface area contributed by atoms with Crippen molar-refractivity contribution in [3.8, 4) is 0 Å². The zero-order valence-corrected chi connectivity index (χ0v) is 13.0. The summed E-state index contributed by atoms with van der Waals surface area (Å²) < 4.78 is 0. The van der Waals surface area contributed by atoms with Crippen LogP contribution in [0.3, 0.4) is 0 Å². The second-order valence-corrected chi connectivity index (χ2v) is 6.02. The topological polar surface area (TPSA) is 78.4 Å². The maximum Gasteiger partial charge on any atom is 0.249 e. The quantitative estimate of drug-likeness (QED) is 0.790. The molecule has 5 nitrogen and oxygen atoms in total. The lowest BCUT2D eigenvalue weighted by Gasteiger charge is -2.21. The van der Waals surface area contributed by atoms with Crippen molar-refractivity contribution in [2.75, 3.05) is 5.32 Å². The van der Waals surface area contributed by atoms with Gasteiger partial charge in [-0.25, -0.2) is 0 Å². The molecular formula is C18H20N2O3. The van der Waals surface area contributed by atoms with Gasteiger partial charge in [-0.05, 0) is 31.2 Å². The van der Waals surface area contributed by atoms with Crippen LogP contribution in [0.5, 0.6) is 0 Å². The third-order valence-corrected chi connectivity index (χ3v) is 4.06. The van der Waals surface area contributed by atoms with Gasteiger partial charge < -0.3 is 15.7 Å². The van der Waals surface area contributed by atoms with Gasteiger partial charge in [-0.15, -0.1) is 0 Å². The van der Waals surface area contributed by atoms with Crippen LogP contribution in [0.25, 0.3) is 10.8 Å². The highest BCUT2D eigenvalue weighted by atomic mass is 16.3. The molecule has 0 aromatic heterocycles. The number of amides is 2. The van der Waals surface area contributed by atoms with Crippen molar-refractivity contribution in [1.82, 2.24) is 5.32 Å². The molecule has 2 aromatic rings. The average molecular weight is 312 g/mol. The van der Waals surface area contributed by atoms with Gasteiger partial charge in [0.15, 0.2) is 0 Å². The smallest absolute Gasteiger partial charge is 0.249 e. The molecule has 0 spiro atoms. The summed E-state index contributed by atoms with van der Waals surface area (Å²) in [6, 6.07) is 12.4. The van der Waals surface area contributed by atoms with E-state index in [4.69, 9.17) is 0 Å². The fourth-order valence-electron chi connectivity index (χ4n) is 2.57. The molecule has 1 aliphatic rings. The molecule has 2 amide bonds. The van der Waals surface area contributed by atoms with Gasteiger partial charge in [0.1, 0.15) is 6.04 Å². The van der Waals surface area contributed by atoms with E-state index in [0.717, 1.165) is 23.6 Å². The second kappa shape index (κ2) is 6.38. The maximum atomic E-state index is 12.5. The van der Waals surface area contributed by atoms with Crippen molar-refractivity contribution in [2.24, 2.45) is 5.92 Å². The molecule has 5 heteroatoms. The van der Waals surface area contributed by atoms with Gasteiger partial charge in [0, 0.05) is 17.0 Å². The first kappa shape index (κ1) is 15.5. The Bertz CT molecular complexity index is 733. The zero-order chi connectivity index (χ0) is 16.4. The minimum absolute atomic E-state index is 0.0124. The van der Waals surface area contributed by atoms with Gasteiger partial charge in [0.05, 0.1) is 6.10 Å². The van der Waals surface area contributed by atoms with E-state index in [1.54, 1.807) is 0 Å². The summed E-state index contributed by atoms with van der Waals surface area (Å²) in [7, 11) is 0. The van der Waals surface area contributed by atoms with Crippen LogP contribution in [0.15, 0.2) is 42.5 Å². The van der Waals surface area contributed by atoms with Crippen LogP contribution < -0.4 is 10.6 Å². The minimum Gasteiger partial charge on any atom is -0.391 e. The lowest BCUT2D eigenvalue weighted by Crippen LogP contribution is -2.50. The predicted octanol–water partition coefficient (Wildman–Crippen LogP) is 2.05. The van der Waals surface area contributed by atoms with Crippen LogP contribution in [0.1, 0.15) is 19.8 Å². The number of anilines is 1. The summed E-state index contributed by atoms with van der Waals surface area (Å²) in [5.74, 6) is -0.587. The number of aliphatic hydroxyl groups is 1. The molecule has 0 radical (unpaired) electrons. The molecule has 1 saturated carbocycles. The average Bonchev–Trinajstić information content (AvgIpc) is 3.37. The van der Waals surface area contributed by atoms with Gasteiger partial charge in [0.25, 0.3) is 0 Å². The number of benzene rings is 2. The summed E-state index contributed by atoms with van der Waals surface area (Å²) in [6.45, 7) is 1.50. The Morgan fingerprint density at radius 3 is 2.52 bits per heavy atom. The van der Waals surface area contributed by atoms with Crippen molar-refractivity contribution in [3.63, 3.8) is 0 Å². The lowest BCUT2D eigenvalue weighted by atomic mass is 10.1. The van der Waals surface area contributed by atoms with E-state index in [2.05, 4.69) is 10.6 Å². The Morgan fingerprint density at radius 2 is 1.83 bits per heavy atom. The molecule has 23 heavy (non-hydrogen) atoms. The lowest BCUT2D eigenvalue weighted by molar-refractivity contribution is -0.129. The minimum atomic E-state index is -0.965. The Kier molecular flexibility index (Phi) is 4.30. The largest absolute Gasteiger partial charge is 0.391 e. The second-order valence-electron chi connectivity index (χ2n) is 6.02. The Balaban J connectivity index is 1.78. The third kappa shape index (κ3) is 3.51. The molecular weight excluding hydrogens is 292 g/mol. The number of nitrogens with one attached hydrogen (secondary N) is 2. The Labute approximate surface area is 134 Å². The first-order chi connectivity index (χ1) is 11.1. The predicted molar refractivity (Wildman–Crippen MR) is 88.9 cm³/mol. The summed E-state index contributed by atoms with van der Waals surface area (Å²) in [6.07, 6.45) is 0.736. The highest BCUT2D eigenvalue weighted by molar-refractivity contribution is 6.05. The van der Waals surface area contributed by atoms with Gasteiger partial charge in [0.2, 0.25) is 11.8 Å². The molecule has 2 unspecified atom stereocenters. The van der Waals surface area contributed by atoms with E-state index in [-0.39, 0.29) is 11.8 Å². The Hall–Kier alpha value is -2.40. The van der Waals surface area contributed by atoms with Crippen molar-refractivity contribution in [3.05, 3.63) is 42.5 Å². The normalized spacial score (nSPS) is 16.6. The summed E-state index contributed by atoms with van der Waals surface area (Å²) in [5.41, 5.74) is 0.666. The van der Waals surface area contributed by atoms with E-state index >= 15 is 0 Å². The molecule has 3 N–H and O–H groups in total. The number of carbonyl (C=O) groups is 2. The molecule has 0 saturated heterocycles. The van der Waals surface area contributed by atoms with E-state index < -0.39 is 18.1 Å². The van der Waals surface area contributed by atoms with Crippen LogP contribution in [-0.2, 0) is 9.59 Å². The fourth-order valence-corrected chi connectivity index (χ4v) is 2.57. The highest BCUT2D eigenvalue weighted by Gasteiger charge is 2.34. The van der Waals surface area contributed by atoms with Crippen molar-refractivity contribution in [2.45, 2.75) is 31.9 Å². The van der Waals surface area contributed by atoms with Crippen LogP contribution in [0.4, 0.5) is 5.69 Å². The van der Waals surface area contributed by atoms with E-state index in [1.807, 2.05) is 42.5 Å². The third-order valence-electron chi connectivity index (χ3n) is 4.06. The molecule has 2 atom stereocenters. The summed E-state index contributed by atoms with van der Waals surface area (Å²) >= 11 is 0. The number of hydrogen-bond donors (Lipinski definition) is 3. The molecule has 1 fully saturated rings. The zero-order valence-electron chi connectivity index (χ0n) is 13.0. The van der Waals surface area contributed by atoms with Crippen LogP contribution >= 0.6 is 0 Å². The SMILES string of the molecule is CC(O)C(NC(=O)C1CC1)C(=O)Nc1cccc2ccccc12. The number of rotatable bonds is 5. The van der Waals surface area contributed by atoms with Crippen LogP contribution in [0.2, 0.25) is 0 Å². The monoisotopic (exact) mass is 312 g/mol. The highest BCUT2D eigenvalue weighted by Crippen LogP contribution is 2.29. The summed E-state index contributed by atoms with van der Waals surface area (Å²) in [4.78, 5) is 24.4. The van der Waals surface area contributed by atoms with E-state index in [9.17, 15) is 14.7 Å². The number of carbonyl (C=O) groups excluding carboxylic acids is 2. The van der Waals surface area contributed by atoms with Gasteiger partial charge in [-0.1, -0.05) is 36.4 Å².